The maximum Gasteiger partial charge on any atom is 0.250 e. The largest absolute Gasteiger partial charge is 0.488 e. The molecule has 0 fully saturated rings. The number of hydrogen-bond donors (Lipinski definition) is 1. The smallest absolute Gasteiger partial charge is 0.250 e. The van der Waals surface area contributed by atoms with Crippen LogP contribution in [-0.4, -0.2) is 17.9 Å². The zero-order chi connectivity index (χ0) is 20.5. The number of halogens is 2. The molecule has 3 rings (SSSR count). The molecule has 0 aliphatic heterocycles. The maximum absolute atomic E-state index is 11.9. The summed E-state index contributed by atoms with van der Waals surface area (Å²) in [6, 6.07) is 23.0. The fraction of sp³-hybridized carbons (Fsp3) is 0.0909. The van der Waals surface area contributed by atoms with Crippen LogP contribution in [-0.2, 0) is 11.4 Å². The number of carbonyl (C=O) groups is 1. The molecule has 1 amide bonds. The minimum absolute atomic E-state index is 0.178. The highest BCUT2D eigenvalue weighted by molar-refractivity contribution is 9.10. The molecule has 0 spiro atoms. The molecule has 0 heterocycles. The van der Waals surface area contributed by atoms with Gasteiger partial charge in [-0.25, -0.2) is 5.43 Å². The molecule has 3 aromatic rings. The van der Waals surface area contributed by atoms with Crippen molar-refractivity contribution < 1.29 is 9.53 Å². The van der Waals surface area contributed by atoms with E-state index in [2.05, 4.69) is 26.5 Å². The van der Waals surface area contributed by atoms with E-state index in [0.717, 1.165) is 26.2 Å². The lowest BCUT2D eigenvalue weighted by molar-refractivity contribution is -0.118. The van der Waals surface area contributed by atoms with Crippen LogP contribution in [0.2, 0.25) is 5.02 Å². The molecule has 0 aliphatic rings. The first-order valence-electron chi connectivity index (χ1n) is 8.77. The van der Waals surface area contributed by atoms with Gasteiger partial charge in [-0.15, -0.1) is 11.8 Å². The normalized spacial score (nSPS) is 10.8. The molecule has 148 valence electrons. The predicted octanol–water partition coefficient (Wildman–Crippen LogP) is 5.92. The van der Waals surface area contributed by atoms with Crippen molar-refractivity contribution in [2.75, 3.05) is 5.75 Å². The summed E-state index contributed by atoms with van der Waals surface area (Å²) in [5.41, 5.74) is 4.47. The third-order valence-corrected chi connectivity index (χ3v) is 5.66. The van der Waals surface area contributed by atoms with Gasteiger partial charge in [-0.2, -0.15) is 5.10 Å². The van der Waals surface area contributed by atoms with Crippen LogP contribution in [0.3, 0.4) is 0 Å². The summed E-state index contributed by atoms with van der Waals surface area (Å²) in [7, 11) is 0. The Hall–Kier alpha value is -2.28. The van der Waals surface area contributed by atoms with Gasteiger partial charge in [0, 0.05) is 9.92 Å². The molecule has 0 radical (unpaired) electrons. The second kappa shape index (κ2) is 11.0. The first kappa shape index (κ1) is 21.4. The van der Waals surface area contributed by atoms with Gasteiger partial charge in [0.05, 0.1) is 16.4 Å². The summed E-state index contributed by atoms with van der Waals surface area (Å²) in [6.07, 6.45) is 1.59. The third-order valence-electron chi connectivity index (χ3n) is 3.78. The van der Waals surface area contributed by atoms with Crippen molar-refractivity contribution in [3.05, 3.63) is 93.4 Å². The Morgan fingerprint density at radius 3 is 2.59 bits per heavy atom. The van der Waals surface area contributed by atoms with Gasteiger partial charge in [0.2, 0.25) is 5.91 Å². The molecule has 0 saturated heterocycles. The molecule has 3 aromatic carbocycles. The van der Waals surface area contributed by atoms with Crippen LogP contribution in [0, 0.1) is 0 Å². The Morgan fingerprint density at radius 1 is 1.10 bits per heavy atom. The molecule has 0 unspecified atom stereocenters. The van der Waals surface area contributed by atoms with Crippen LogP contribution in [0.5, 0.6) is 5.75 Å². The Kier molecular flexibility index (Phi) is 8.16. The molecule has 4 nitrogen and oxygen atoms in total. The maximum atomic E-state index is 11.9. The topological polar surface area (TPSA) is 50.7 Å². The van der Waals surface area contributed by atoms with Crippen molar-refractivity contribution in [2.45, 2.75) is 11.5 Å². The summed E-state index contributed by atoms with van der Waals surface area (Å²) < 4.78 is 6.65. The quantitative estimate of drug-likeness (QED) is 0.243. The zero-order valence-corrected chi connectivity index (χ0v) is 18.5. The second-order valence-corrected chi connectivity index (χ2v) is 8.34. The van der Waals surface area contributed by atoms with Crippen molar-refractivity contribution in [1.82, 2.24) is 5.43 Å². The Bertz CT molecular complexity index is 982. The van der Waals surface area contributed by atoms with Crippen LogP contribution >= 0.6 is 39.3 Å². The number of thioether (sulfide) groups is 1. The first-order valence-corrected chi connectivity index (χ1v) is 10.9. The number of hydrogen-bond acceptors (Lipinski definition) is 4. The van der Waals surface area contributed by atoms with E-state index in [9.17, 15) is 4.79 Å². The van der Waals surface area contributed by atoms with Gasteiger partial charge in [0.1, 0.15) is 12.4 Å². The molecule has 7 heteroatoms. The number of ether oxygens (including phenoxy) is 1. The van der Waals surface area contributed by atoms with E-state index in [0.29, 0.717) is 11.6 Å². The van der Waals surface area contributed by atoms with Crippen molar-refractivity contribution in [3.63, 3.8) is 0 Å². The Labute approximate surface area is 187 Å². The third kappa shape index (κ3) is 7.24. The number of benzene rings is 3. The minimum Gasteiger partial charge on any atom is -0.488 e. The number of amides is 1. The van der Waals surface area contributed by atoms with Gasteiger partial charge < -0.3 is 4.74 Å². The highest BCUT2D eigenvalue weighted by Crippen LogP contribution is 2.26. The molecule has 0 atom stereocenters. The average molecular weight is 490 g/mol. The van der Waals surface area contributed by atoms with E-state index in [1.54, 1.807) is 18.3 Å². The molecule has 0 aromatic heterocycles. The minimum atomic E-state index is -0.178. The predicted molar refractivity (Wildman–Crippen MR) is 123 cm³/mol. The van der Waals surface area contributed by atoms with Gasteiger partial charge in [0.25, 0.3) is 0 Å². The van der Waals surface area contributed by atoms with Gasteiger partial charge in [0.15, 0.2) is 0 Å². The molecular formula is C22H18BrClN2O2S. The summed E-state index contributed by atoms with van der Waals surface area (Å²) in [6.45, 7) is 0.494. The Morgan fingerprint density at radius 2 is 1.86 bits per heavy atom. The van der Waals surface area contributed by atoms with E-state index in [1.807, 2.05) is 60.7 Å². The number of hydrazone groups is 1. The van der Waals surface area contributed by atoms with E-state index < -0.39 is 0 Å². The standard InChI is InChI=1S/C22H18BrClN2O2S/c23-20-12-17(6-11-21(20)28-14-16-4-2-1-3-5-16)13-25-26-22(27)15-29-19-9-7-18(24)8-10-19/h1-13H,14-15H2,(H,26,27)/b25-13-. The SMILES string of the molecule is O=C(CSc1ccc(Cl)cc1)N/N=C\c1ccc(OCc2ccccc2)c(Br)c1. The monoisotopic (exact) mass is 488 g/mol. The summed E-state index contributed by atoms with van der Waals surface area (Å²) >= 11 is 10.8. The lowest BCUT2D eigenvalue weighted by Gasteiger charge is -2.08. The highest BCUT2D eigenvalue weighted by Gasteiger charge is 2.04. The van der Waals surface area contributed by atoms with Gasteiger partial charge in [-0.3, -0.25) is 4.79 Å². The van der Waals surface area contributed by atoms with Gasteiger partial charge >= 0.3 is 0 Å². The van der Waals surface area contributed by atoms with Crippen LogP contribution in [0.1, 0.15) is 11.1 Å². The molecule has 0 saturated carbocycles. The first-order chi connectivity index (χ1) is 14.1. The average Bonchev–Trinajstić information content (AvgIpc) is 2.73. The summed E-state index contributed by atoms with van der Waals surface area (Å²) in [5, 5.41) is 4.68. The molecular weight excluding hydrogens is 472 g/mol. The van der Waals surface area contributed by atoms with E-state index >= 15 is 0 Å². The number of rotatable bonds is 8. The fourth-order valence-corrected chi connectivity index (χ4v) is 3.67. The van der Waals surface area contributed by atoms with E-state index in [4.69, 9.17) is 16.3 Å². The highest BCUT2D eigenvalue weighted by atomic mass is 79.9. The van der Waals surface area contributed by atoms with Crippen molar-refractivity contribution in [3.8, 4) is 5.75 Å². The van der Waals surface area contributed by atoms with Crippen LogP contribution in [0.15, 0.2) is 87.3 Å². The van der Waals surface area contributed by atoms with Crippen LogP contribution in [0.4, 0.5) is 0 Å². The molecule has 0 bridgehead atoms. The van der Waals surface area contributed by atoms with Crippen molar-refractivity contribution >= 4 is 51.4 Å². The van der Waals surface area contributed by atoms with Gasteiger partial charge in [-0.1, -0.05) is 41.9 Å². The zero-order valence-electron chi connectivity index (χ0n) is 15.3. The van der Waals surface area contributed by atoms with Crippen molar-refractivity contribution in [1.29, 1.82) is 0 Å². The van der Waals surface area contributed by atoms with E-state index in [-0.39, 0.29) is 11.7 Å². The fourth-order valence-electron chi connectivity index (χ4n) is 2.34. The molecule has 29 heavy (non-hydrogen) atoms. The van der Waals surface area contributed by atoms with Crippen molar-refractivity contribution in [2.24, 2.45) is 5.10 Å². The Balaban J connectivity index is 1.46. The lowest BCUT2D eigenvalue weighted by Crippen LogP contribution is -2.19. The van der Waals surface area contributed by atoms with Crippen LogP contribution < -0.4 is 10.2 Å². The summed E-state index contributed by atoms with van der Waals surface area (Å²) in [5.74, 6) is 0.840. The molecule has 1 N–H and O–H groups in total. The lowest BCUT2D eigenvalue weighted by atomic mass is 10.2. The number of nitrogens with one attached hydrogen (secondary N) is 1. The van der Waals surface area contributed by atoms with Gasteiger partial charge in [-0.05, 0) is 69.5 Å². The second-order valence-electron chi connectivity index (χ2n) is 6.00. The summed E-state index contributed by atoms with van der Waals surface area (Å²) in [4.78, 5) is 12.9. The van der Waals surface area contributed by atoms with E-state index in [1.165, 1.54) is 11.8 Å². The van der Waals surface area contributed by atoms with Crippen LogP contribution in [0.25, 0.3) is 0 Å². The number of carbonyl (C=O) groups excluding carboxylic acids is 1. The molecule has 0 aliphatic carbocycles. The number of nitrogens with zero attached hydrogens (tertiary/aromatic N) is 1.